The minimum absolute atomic E-state index is 0.0242. The van der Waals surface area contributed by atoms with E-state index in [-0.39, 0.29) is 30.3 Å². The number of fused-ring (bicyclic) bond motifs is 2. The molecule has 9 heteroatoms. The van der Waals surface area contributed by atoms with Crippen LogP contribution < -0.4 is 14.3 Å². The summed E-state index contributed by atoms with van der Waals surface area (Å²) in [7, 11) is -3.29. The molecule has 1 amide bonds. The van der Waals surface area contributed by atoms with Crippen LogP contribution in [0.25, 0.3) is 10.2 Å². The molecule has 0 radical (unpaired) electrons. The van der Waals surface area contributed by atoms with E-state index in [1.54, 1.807) is 18.2 Å². The summed E-state index contributed by atoms with van der Waals surface area (Å²) in [5, 5.41) is 0. The number of carbonyl (C=O) groups is 1. The lowest BCUT2D eigenvalue weighted by molar-refractivity contribution is -0.118. The maximum atomic E-state index is 12.5. The number of ether oxygens (including phenoxy) is 2. The zero-order chi connectivity index (χ0) is 22.6. The minimum atomic E-state index is -3.29. The van der Waals surface area contributed by atoms with Crippen LogP contribution in [0.5, 0.6) is 11.5 Å². The van der Waals surface area contributed by atoms with Crippen molar-refractivity contribution in [2.75, 3.05) is 19.0 Å². The number of carbonyl (C=O) groups excluding carboxylic acids is 1. The van der Waals surface area contributed by atoms with Gasteiger partial charge in [-0.15, -0.1) is 6.58 Å². The quantitative estimate of drug-likeness (QED) is 0.469. The van der Waals surface area contributed by atoms with Crippen molar-refractivity contribution < 1.29 is 22.7 Å². The molecule has 0 spiro atoms. The number of hydrogen-bond acceptors (Lipinski definition) is 6. The number of sulfone groups is 1. The van der Waals surface area contributed by atoms with Crippen LogP contribution in [0.4, 0.5) is 0 Å². The molecule has 2 heterocycles. The van der Waals surface area contributed by atoms with Crippen molar-refractivity contribution in [3.05, 3.63) is 65.5 Å². The molecule has 0 saturated carbocycles. The first-order valence-electron chi connectivity index (χ1n) is 10.3. The van der Waals surface area contributed by atoms with E-state index in [2.05, 4.69) is 11.6 Å². The summed E-state index contributed by atoms with van der Waals surface area (Å²) < 4.78 is 38.8. The van der Waals surface area contributed by atoms with E-state index >= 15 is 0 Å². The number of rotatable bonds is 8. The molecular formula is C23H24N2O5S2. The molecule has 0 bridgehead atoms. The van der Waals surface area contributed by atoms with Crippen LogP contribution in [0.3, 0.4) is 0 Å². The first-order chi connectivity index (χ1) is 15.4. The molecule has 0 N–H and O–H groups in total. The molecule has 32 heavy (non-hydrogen) atoms. The van der Waals surface area contributed by atoms with Gasteiger partial charge in [0.25, 0.3) is 0 Å². The van der Waals surface area contributed by atoms with Crippen molar-refractivity contribution in [1.29, 1.82) is 0 Å². The second-order valence-electron chi connectivity index (χ2n) is 7.43. The van der Waals surface area contributed by atoms with Gasteiger partial charge in [-0.3, -0.25) is 4.79 Å². The van der Waals surface area contributed by atoms with Crippen molar-refractivity contribution in [2.24, 2.45) is 4.99 Å². The fraction of sp³-hybridized carbons (Fsp3) is 0.304. The molecule has 0 atom stereocenters. The van der Waals surface area contributed by atoms with Crippen LogP contribution in [-0.4, -0.2) is 37.9 Å². The fourth-order valence-electron chi connectivity index (χ4n) is 3.50. The Balaban J connectivity index is 1.49. The largest absolute Gasteiger partial charge is 0.486 e. The van der Waals surface area contributed by atoms with Crippen molar-refractivity contribution >= 4 is 37.3 Å². The van der Waals surface area contributed by atoms with Crippen LogP contribution in [-0.2, 0) is 26.9 Å². The number of nitrogens with zero attached hydrogens (tertiary/aromatic N) is 2. The molecule has 7 nitrogen and oxygen atoms in total. The van der Waals surface area contributed by atoms with E-state index in [9.17, 15) is 13.2 Å². The predicted octanol–water partition coefficient (Wildman–Crippen LogP) is 3.48. The Morgan fingerprint density at radius 1 is 1.16 bits per heavy atom. The molecule has 0 fully saturated rings. The normalized spacial score (nSPS) is 13.9. The maximum absolute atomic E-state index is 12.5. The van der Waals surface area contributed by atoms with Gasteiger partial charge in [-0.2, -0.15) is 4.99 Å². The number of benzene rings is 2. The fourth-order valence-corrected chi connectivity index (χ4v) is 6.00. The number of aromatic nitrogens is 1. The molecule has 0 saturated heterocycles. The molecule has 1 aliphatic rings. The van der Waals surface area contributed by atoms with Gasteiger partial charge in [0.2, 0.25) is 5.91 Å². The summed E-state index contributed by atoms with van der Waals surface area (Å²) >= 11 is 1.38. The Hall–Kier alpha value is -2.91. The summed E-state index contributed by atoms with van der Waals surface area (Å²) in [6.45, 7) is 5.27. The third kappa shape index (κ3) is 5.28. The van der Waals surface area contributed by atoms with Gasteiger partial charge in [0.05, 0.1) is 21.7 Å². The van der Waals surface area contributed by atoms with Gasteiger partial charge >= 0.3 is 0 Å². The number of hydrogen-bond donors (Lipinski definition) is 0. The standard InChI is InChI=1S/C23H24N2O5S2/c1-2-10-25-18-14-19-20(30-12-11-29-19)15-21(18)31-23(25)24-22(26)9-6-13-32(27,28)16-17-7-4-3-5-8-17/h2-5,7-8,14-15H,1,6,9-13,16H2. The second kappa shape index (κ2) is 9.70. The topological polar surface area (TPSA) is 87.0 Å². The van der Waals surface area contributed by atoms with Crippen molar-refractivity contribution in [3.8, 4) is 11.5 Å². The van der Waals surface area contributed by atoms with E-state index in [4.69, 9.17) is 9.47 Å². The highest BCUT2D eigenvalue weighted by molar-refractivity contribution is 7.90. The zero-order valence-corrected chi connectivity index (χ0v) is 19.2. The van der Waals surface area contributed by atoms with Gasteiger partial charge in [0, 0.05) is 25.1 Å². The Morgan fingerprint density at radius 3 is 2.59 bits per heavy atom. The molecule has 1 aliphatic heterocycles. The average Bonchev–Trinajstić information content (AvgIpc) is 3.08. The zero-order valence-electron chi connectivity index (χ0n) is 17.5. The first kappa shape index (κ1) is 22.3. The smallest absolute Gasteiger partial charge is 0.248 e. The van der Waals surface area contributed by atoms with E-state index in [0.29, 0.717) is 36.1 Å². The first-order valence-corrected chi connectivity index (χ1v) is 12.9. The monoisotopic (exact) mass is 472 g/mol. The Morgan fingerprint density at radius 2 is 1.88 bits per heavy atom. The van der Waals surface area contributed by atoms with Crippen LogP contribution in [0.2, 0.25) is 0 Å². The third-order valence-corrected chi connectivity index (χ3v) is 7.68. The van der Waals surface area contributed by atoms with Gasteiger partial charge in [-0.1, -0.05) is 47.7 Å². The summed E-state index contributed by atoms with van der Waals surface area (Å²) in [5.74, 6) is 0.924. The van der Waals surface area contributed by atoms with Crippen molar-refractivity contribution in [1.82, 2.24) is 4.57 Å². The van der Waals surface area contributed by atoms with E-state index in [1.165, 1.54) is 11.3 Å². The molecule has 0 aliphatic carbocycles. The molecule has 168 valence electrons. The lowest BCUT2D eigenvalue weighted by Crippen LogP contribution is -2.17. The molecular weight excluding hydrogens is 448 g/mol. The van der Waals surface area contributed by atoms with Crippen LogP contribution in [0.15, 0.2) is 60.1 Å². The summed E-state index contributed by atoms with van der Waals surface area (Å²) in [6.07, 6.45) is 2.04. The number of allylic oxidation sites excluding steroid dienone is 1. The van der Waals surface area contributed by atoms with E-state index in [1.807, 2.05) is 34.9 Å². The molecule has 1 aromatic heterocycles. The highest BCUT2D eigenvalue weighted by Gasteiger charge is 2.17. The van der Waals surface area contributed by atoms with Crippen molar-refractivity contribution in [2.45, 2.75) is 25.1 Å². The van der Waals surface area contributed by atoms with Gasteiger partial charge < -0.3 is 14.0 Å². The summed E-state index contributed by atoms with van der Waals surface area (Å²) in [5.41, 5.74) is 1.63. The van der Waals surface area contributed by atoms with Gasteiger partial charge in [0.1, 0.15) is 13.2 Å². The minimum Gasteiger partial charge on any atom is -0.486 e. The number of amides is 1. The number of thiazole rings is 1. The Kier molecular flexibility index (Phi) is 6.76. The van der Waals surface area contributed by atoms with Gasteiger partial charge in [0.15, 0.2) is 26.1 Å². The highest BCUT2D eigenvalue weighted by Crippen LogP contribution is 2.35. The van der Waals surface area contributed by atoms with E-state index < -0.39 is 9.84 Å². The maximum Gasteiger partial charge on any atom is 0.248 e. The average molecular weight is 473 g/mol. The van der Waals surface area contributed by atoms with E-state index in [0.717, 1.165) is 15.8 Å². The lowest BCUT2D eigenvalue weighted by atomic mass is 10.2. The second-order valence-corrected chi connectivity index (χ2v) is 10.6. The highest BCUT2D eigenvalue weighted by atomic mass is 32.2. The summed E-state index contributed by atoms with van der Waals surface area (Å²) in [4.78, 5) is 17.3. The molecule has 0 unspecified atom stereocenters. The van der Waals surface area contributed by atoms with Crippen LogP contribution >= 0.6 is 11.3 Å². The molecule has 2 aromatic carbocycles. The Bertz CT molecular complexity index is 1310. The third-order valence-electron chi connectivity index (χ3n) is 4.95. The predicted molar refractivity (Wildman–Crippen MR) is 125 cm³/mol. The SMILES string of the molecule is C=CCn1c(=NC(=O)CCCS(=O)(=O)Cc2ccccc2)sc2cc3c(cc21)OCCO3. The molecule has 3 aromatic rings. The van der Waals surface area contributed by atoms with Crippen LogP contribution in [0, 0.1) is 0 Å². The van der Waals surface area contributed by atoms with Crippen molar-refractivity contribution in [3.63, 3.8) is 0 Å². The summed E-state index contributed by atoms with van der Waals surface area (Å²) in [6, 6.07) is 12.8. The molecule has 4 rings (SSSR count). The van der Waals surface area contributed by atoms with Gasteiger partial charge in [-0.25, -0.2) is 8.42 Å². The lowest BCUT2D eigenvalue weighted by Gasteiger charge is -2.18. The Labute approximate surface area is 190 Å². The van der Waals surface area contributed by atoms with Crippen LogP contribution in [0.1, 0.15) is 18.4 Å². The van der Waals surface area contributed by atoms with Gasteiger partial charge in [-0.05, 0) is 12.0 Å².